The lowest BCUT2D eigenvalue weighted by Crippen LogP contribution is -2.27. The second-order valence-corrected chi connectivity index (χ2v) is 5.29. The van der Waals surface area contributed by atoms with Gasteiger partial charge in [0.25, 0.3) is 0 Å². The van der Waals surface area contributed by atoms with Gasteiger partial charge in [0.15, 0.2) is 0 Å². The Morgan fingerprint density at radius 3 is 1.50 bits per heavy atom. The van der Waals surface area contributed by atoms with Gasteiger partial charge < -0.3 is 20.9 Å². The summed E-state index contributed by atoms with van der Waals surface area (Å²) >= 11 is 0. The van der Waals surface area contributed by atoms with E-state index < -0.39 is 24.0 Å². The molecule has 0 saturated carbocycles. The predicted molar refractivity (Wildman–Crippen MR) is 89.4 cm³/mol. The van der Waals surface area contributed by atoms with Gasteiger partial charge in [0.05, 0.1) is 25.3 Å². The van der Waals surface area contributed by atoms with Crippen molar-refractivity contribution in [1.29, 1.82) is 0 Å². The molecule has 6 heteroatoms. The Hall–Kier alpha value is -2.70. The Morgan fingerprint density at radius 1 is 0.792 bits per heavy atom. The van der Waals surface area contributed by atoms with Crippen molar-refractivity contribution in [2.45, 2.75) is 12.1 Å². The van der Waals surface area contributed by atoms with Gasteiger partial charge in [0.2, 0.25) is 0 Å². The summed E-state index contributed by atoms with van der Waals surface area (Å²) in [5, 5.41) is 0. The van der Waals surface area contributed by atoms with E-state index in [1.165, 1.54) is 14.2 Å². The number of rotatable bonds is 5. The molecule has 0 bridgehead atoms. The van der Waals surface area contributed by atoms with E-state index in [1.807, 2.05) is 0 Å². The van der Waals surface area contributed by atoms with Crippen LogP contribution in [0.1, 0.15) is 43.9 Å². The number of hydrogen-bond acceptors (Lipinski definition) is 6. The maximum Gasteiger partial charge on any atom is 0.337 e. The number of hydrogen-bond donors (Lipinski definition) is 2. The summed E-state index contributed by atoms with van der Waals surface area (Å²) in [4.78, 5) is 23.3. The Kier molecular flexibility index (Phi) is 5.68. The number of ether oxygens (including phenoxy) is 2. The minimum atomic E-state index is -0.553. The number of nitrogens with two attached hydrogens (primary N) is 2. The number of methoxy groups -OCH3 is 2. The highest BCUT2D eigenvalue weighted by Gasteiger charge is 2.20. The van der Waals surface area contributed by atoms with Crippen LogP contribution in [0.4, 0.5) is 0 Å². The Balaban J connectivity index is 2.28. The third-order valence-corrected chi connectivity index (χ3v) is 3.77. The molecule has 126 valence electrons. The number of esters is 2. The van der Waals surface area contributed by atoms with Crippen LogP contribution in [0.5, 0.6) is 0 Å². The molecule has 0 heterocycles. The summed E-state index contributed by atoms with van der Waals surface area (Å²) < 4.78 is 9.42. The summed E-state index contributed by atoms with van der Waals surface area (Å²) in [6.45, 7) is 0. The van der Waals surface area contributed by atoms with Crippen LogP contribution >= 0.6 is 0 Å². The molecule has 0 spiro atoms. The van der Waals surface area contributed by atoms with Gasteiger partial charge in [0.1, 0.15) is 0 Å². The Bertz CT molecular complexity index is 682. The van der Waals surface area contributed by atoms with Crippen LogP contribution < -0.4 is 11.5 Å². The van der Waals surface area contributed by atoms with E-state index in [9.17, 15) is 9.59 Å². The maximum atomic E-state index is 11.6. The van der Waals surface area contributed by atoms with Crippen LogP contribution in [0.3, 0.4) is 0 Å². The third-order valence-electron chi connectivity index (χ3n) is 3.77. The molecule has 0 aromatic heterocycles. The first kappa shape index (κ1) is 17.7. The molecule has 0 radical (unpaired) electrons. The molecule has 0 aliphatic carbocycles. The zero-order valence-corrected chi connectivity index (χ0v) is 13.6. The predicted octanol–water partition coefficient (Wildman–Crippen LogP) is 1.96. The van der Waals surface area contributed by atoms with Gasteiger partial charge in [-0.3, -0.25) is 0 Å². The van der Waals surface area contributed by atoms with Crippen LogP contribution in [0.25, 0.3) is 0 Å². The van der Waals surface area contributed by atoms with Gasteiger partial charge in [-0.05, 0) is 35.4 Å². The van der Waals surface area contributed by atoms with Crippen molar-refractivity contribution in [1.82, 2.24) is 0 Å². The number of benzene rings is 2. The van der Waals surface area contributed by atoms with Gasteiger partial charge in [-0.25, -0.2) is 9.59 Å². The fourth-order valence-electron chi connectivity index (χ4n) is 2.40. The molecule has 0 amide bonds. The molecule has 2 atom stereocenters. The zero-order valence-electron chi connectivity index (χ0n) is 13.6. The zero-order chi connectivity index (χ0) is 17.7. The first-order valence-corrected chi connectivity index (χ1v) is 7.35. The Morgan fingerprint density at radius 2 is 1.17 bits per heavy atom. The summed E-state index contributed by atoms with van der Waals surface area (Å²) in [5.41, 5.74) is 14.7. The van der Waals surface area contributed by atoms with E-state index >= 15 is 0 Å². The average Bonchev–Trinajstić information content (AvgIpc) is 2.65. The molecule has 24 heavy (non-hydrogen) atoms. The fraction of sp³-hybridized carbons (Fsp3) is 0.222. The molecule has 0 saturated heterocycles. The van der Waals surface area contributed by atoms with Crippen LogP contribution in [0.2, 0.25) is 0 Å². The average molecular weight is 328 g/mol. The second-order valence-electron chi connectivity index (χ2n) is 5.29. The van der Waals surface area contributed by atoms with Crippen molar-refractivity contribution in [3.05, 3.63) is 70.8 Å². The SMILES string of the molecule is COC(=O)c1cccc(C(N)[C@H](N)c2cccc(C(=O)OC)c2)c1. The third kappa shape index (κ3) is 3.79. The highest BCUT2D eigenvalue weighted by Crippen LogP contribution is 2.26. The molecular weight excluding hydrogens is 308 g/mol. The first-order chi connectivity index (χ1) is 11.5. The maximum absolute atomic E-state index is 11.6. The standard InChI is InChI=1S/C18H20N2O4/c1-23-17(21)13-7-3-5-11(9-13)15(19)16(20)12-6-4-8-14(10-12)18(22)24-2/h3-10,15-16H,19-20H2,1-2H3/t15-,16?/m1/s1. The summed E-state index contributed by atoms with van der Waals surface area (Å²) in [7, 11) is 2.64. The number of carbonyl (C=O) groups excluding carboxylic acids is 2. The first-order valence-electron chi connectivity index (χ1n) is 7.35. The van der Waals surface area contributed by atoms with Gasteiger partial charge in [0, 0.05) is 12.1 Å². The summed E-state index contributed by atoms with van der Waals surface area (Å²) in [5.74, 6) is -0.879. The second kappa shape index (κ2) is 7.72. The normalized spacial score (nSPS) is 13.0. The lowest BCUT2D eigenvalue weighted by molar-refractivity contribution is 0.0591. The summed E-state index contributed by atoms with van der Waals surface area (Å²) in [6, 6.07) is 12.5. The molecule has 1 unspecified atom stereocenters. The van der Waals surface area contributed by atoms with E-state index in [4.69, 9.17) is 20.9 Å². The van der Waals surface area contributed by atoms with Crippen molar-refractivity contribution in [2.75, 3.05) is 14.2 Å². The van der Waals surface area contributed by atoms with Crippen LogP contribution in [0, 0.1) is 0 Å². The Labute approximate surface area is 140 Å². The van der Waals surface area contributed by atoms with E-state index in [-0.39, 0.29) is 0 Å². The van der Waals surface area contributed by atoms with Gasteiger partial charge in [-0.15, -0.1) is 0 Å². The van der Waals surface area contributed by atoms with E-state index in [1.54, 1.807) is 48.5 Å². The van der Waals surface area contributed by atoms with Crippen LogP contribution in [-0.4, -0.2) is 26.2 Å². The van der Waals surface area contributed by atoms with E-state index in [0.29, 0.717) is 22.3 Å². The highest BCUT2D eigenvalue weighted by atomic mass is 16.5. The van der Waals surface area contributed by atoms with Crippen molar-refractivity contribution in [3.63, 3.8) is 0 Å². The molecule has 4 N–H and O–H groups in total. The molecule has 0 fully saturated rings. The van der Waals surface area contributed by atoms with Crippen molar-refractivity contribution < 1.29 is 19.1 Å². The largest absolute Gasteiger partial charge is 0.465 e. The molecule has 6 nitrogen and oxygen atoms in total. The van der Waals surface area contributed by atoms with Gasteiger partial charge >= 0.3 is 11.9 Å². The van der Waals surface area contributed by atoms with Gasteiger partial charge in [-0.1, -0.05) is 24.3 Å². The highest BCUT2D eigenvalue weighted by molar-refractivity contribution is 5.90. The minimum Gasteiger partial charge on any atom is -0.465 e. The van der Waals surface area contributed by atoms with Crippen LogP contribution in [0.15, 0.2) is 48.5 Å². The van der Waals surface area contributed by atoms with Crippen molar-refractivity contribution in [2.24, 2.45) is 11.5 Å². The monoisotopic (exact) mass is 328 g/mol. The molecule has 0 aliphatic rings. The molecule has 2 aromatic carbocycles. The molecule has 0 aliphatic heterocycles. The lowest BCUT2D eigenvalue weighted by Gasteiger charge is -2.21. The topological polar surface area (TPSA) is 105 Å². The van der Waals surface area contributed by atoms with Crippen molar-refractivity contribution in [3.8, 4) is 0 Å². The van der Waals surface area contributed by atoms with Crippen molar-refractivity contribution >= 4 is 11.9 Å². The van der Waals surface area contributed by atoms with Gasteiger partial charge in [-0.2, -0.15) is 0 Å². The van der Waals surface area contributed by atoms with E-state index in [0.717, 1.165) is 0 Å². The fourth-order valence-corrected chi connectivity index (χ4v) is 2.40. The molecular formula is C18H20N2O4. The van der Waals surface area contributed by atoms with E-state index in [2.05, 4.69) is 0 Å². The van der Waals surface area contributed by atoms with Crippen LogP contribution in [-0.2, 0) is 9.47 Å². The lowest BCUT2D eigenvalue weighted by atomic mass is 9.93. The smallest absolute Gasteiger partial charge is 0.337 e. The number of carbonyl (C=O) groups is 2. The summed E-state index contributed by atoms with van der Waals surface area (Å²) in [6.07, 6.45) is 0. The molecule has 2 aromatic rings. The quantitative estimate of drug-likeness (QED) is 0.813. The molecule has 2 rings (SSSR count). The minimum absolute atomic E-state index is 0.404.